The molecule has 156 valence electrons. The van der Waals surface area contributed by atoms with Crippen molar-refractivity contribution in [2.24, 2.45) is 0 Å². The maximum absolute atomic E-state index is 14.2. The van der Waals surface area contributed by atoms with Crippen molar-refractivity contribution in [2.75, 3.05) is 6.16 Å². The lowest BCUT2D eigenvalue weighted by Gasteiger charge is -2.30. The van der Waals surface area contributed by atoms with Crippen LogP contribution in [0.5, 0.6) is 0 Å². The number of rotatable bonds is 5. The quantitative estimate of drug-likeness (QED) is 0.280. The molecular weight excluding hydrogens is 434 g/mol. The number of hydrogen-bond acceptors (Lipinski definition) is 0. The predicted octanol–water partition coefficient (Wildman–Crippen LogP) is 6.43. The monoisotopic (exact) mass is 442 g/mol. The first kappa shape index (κ1) is 23.8. The minimum atomic E-state index is -6.67. The third-order valence-corrected chi connectivity index (χ3v) is 5.96. The van der Waals surface area contributed by atoms with Crippen LogP contribution in [0.1, 0.15) is 18.9 Å². The van der Waals surface area contributed by atoms with Crippen LogP contribution in [0.25, 0.3) is 0 Å². The standard InChI is InChI=1S/C13H8F13P/c1-2-3-27(13(25,26)12(22,23)24)6-4-5(14)8(15)7(9(6)16)10(17,18)11(19,20)21/h4H,2-3H2,1H3. The van der Waals surface area contributed by atoms with Gasteiger partial charge >= 0.3 is 23.9 Å². The Morgan fingerprint density at radius 1 is 0.778 bits per heavy atom. The van der Waals surface area contributed by atoms with Gasteiger partial charge in [0.15, 0.2) is 11.6 Å². The lowest BCUT2D eigenvalue weighted by molar-refractivity contribution is -0.291. The maximum Gasteiger partial charge on any atom is 0.458 e. The third-order valence-electron chi connectivity index (χ3n) is 3.23. The fourth-order valence-corrected chi connectivity index (χ4v) is 4.19. The van der Waals surface area contributed by atoms with Gasteiger partial charge in [0.1, 0.15) is 11.4 Å². The molecule has 1 aromatic carbocycles. The highest BCUT2D eigenvalue weighted by molar-refractivity contribution is 7.66. The molecule has 27 heavy (non-hydrogen) atoms. The number of hydrogen-bond donors (Lipinski definition) is 0. The molecule has 0 aliphatic rings. The summed E-state index contributed by atoms with van der Waals surface area (Å²) in [5.41, 5.74) is -9.03. The van der Waals surface area contributed by atoms with Crippen molar-refractivity contribution < 1.29 is 57.1 Å². The van der Waals surface area contributed by atoms with E-state index in [9.17, 15) is 57.1 Å². The van der Waals surface area contributed by atoms with Crippen LogP contribution in [-0.2, 0) is 5.92 Å². The molecule has 0 bridgehead atoms. The molecule has 14 heteroatoms. The van der Waals surface area contributed by atoms with Gasteiger partial charge in [-0.15, -0.1) is 0 Å². The summed E-state index contributed by atoms with van der Waals surface area (Å²) in [4.78, 5) is 0. The van der Waals surface area contributed by atoms with Crippen molar-refractivity contribution in [1.82, 2.24) is 0 Å². The van der Waals surface area contributed by atoms with E-state index in [0.29, 0.717) is 0 Å². The van der Waals surface area contributed by atoms with E-state index in [1.54, 1.807) is 0 Å². The molecule has 0 aliphatic heterocycles. The zero-order valence-corrected chi connectivity index (χ0v) is 13.7. The molecule has 0 saturated carbocycles. The van der Waals surface area contributed by atoms with Crippen molar-refractivity contribution in [3.63, 3.8) is 0 Å². The molecule has 0 saturated heterocycles. The largest absolute Gasteiger partial charge is 0.458 e. The van der Waals surface area contributed by atoms with Gasteiger partial charge in [-0.1, -0.05) is 13.3 Å². The van der Waals surface area contributed by atoms with Crippen LogP contribution in [0, 0.1) is 17.5 Å². The van der Waals surface area contributed by atoms with Gasteiger partial charge in [0.05, 0.1) is 0 Å². The normalized spacial score (nSPS) is 15.2. The number of halogens is 13. The van der Waals surface area contributed by atoms with Gasteiger partial charge in [0.25, 0.3) is 0 Å². The van der Waals surface area contributed by atoms with Crippen LogP contribution in [0.15, 0.2) is 6.07 Å². The van der Waals surface area contributed by atoms with E-state index >= 15 is 0 Å². The highest BCUT2D eigenvalue weighted by Gasteiger charge is 2.65. The van der Waals surface area contributed by atoms with Crippen molar-refractivity contribution in [2.45, 2.75) is 37.3 Å². The molecule has 1 atom stereocenters. The summed E-state index contributed by atoms with van der Waals surface area (Å²) in [6, 6.07) is -0.554. The van der Waals surface area contributed by atoms with Crippen LogP contribution in [0.3, 0.4) is 0 Å². The molecule has 0 radical (unpaired) electrons. The van der Waals surface area contributed by atoms with E-state index in [1.807, 2.05) is 0 Å². The van der Waals surface area contributed by atoms with Crippen LogP contribution in [-0.4, -0.2) is 24.2 Å². The Morgan fingerprint density at radius 3 is 1.63 bits per heavy atom. The van der Waals surface area contributed by atoms with Crippen molar-refractivity contribution in [3.05, 3.63) is 29.1 Å². The summed E-state index contributed by atoms with van der Waals surface area (Å²) >= 11 is 0. The molecule has 1 aromatic rings. The first-order valence-corrected chi connectivity index (χ1v) is 8.28. The zero-order chi connectivity index (χ0) is 21.6. The van der Waals surface area contributed by atoms with Crippen LogP contribution >= 0.6 is 7.92 Å². The Hall–Kier alpha value is -1.26. The zero-order valence-electron chi connectivity index (χ0n) is 12.9. The third kappa shape index (κ3) is 4.12. The summed E-state index contributed by atoms with van der Waals surface area (Å²) in [5.74, 6) is -15.0. The molecule has 1 unspecified atom stereocenters. The first-order chi connectivity index (χ1) is 11.9. The van der Waals surface area contributed by atoms with E-state index in [1.165, 1.54) is 0 Å². The fraction of sp³-hybridized carbons (Fsp3) is 0.538. The molecule has 0 spiro atoms. The summed E-state index contributed by atoms with van der Waals surface area (Å²) in [6.07, 6.45) is -14.7. The Balaban J connectivity index is 3.85. The van der Waals surface area contributed by atoms with Crippen molar-refractivity contribution >= 4 is 13.2 Å². The molecule has 1 rings (SSSR count). The Morgan fingerprint density at radius 2 is 1.26 bits per heavy atom. The van der Waals surface area contributed by atoms with E-state index in [-0.39, 0.29) is 0 Å². The van der Waals surface area contributed by atoms with Gasteiger partial charge < -0.3 is 0 Å². The fourth-order valence-electron chi connectivity index (χ4n) is 1.99. The number of benzene rings is 1. The van der Waals surface area contributed by atoms with E-state index in [0.717, 1.165) is 6.92 Å². The van der Waals surface area contributed by atoms with Gasteiger partial charge in [-0.2, -0.15) is 43.9 Å². The van der Waals surface area contributed by atoms with E-state index in [2.05, 4.69) is 0 Å². The highest BCUT2D eigenvalue weighted by Crippen LogP contribution is 2.60. The minimum Gasteiger partial charge on any atom is -0.206 e. The second-order valence-corrected chi connectivity index (χ2v) is 7.49. The van der Waals surface area contributed by atoms with Gasteiger partial charge in [-0.05, 0) is 12.2 Å². The average Bonchev–Trinajstić information content (AvgIpc) is 2.46. The summed E-state index contributed by atoms with van der Waals surface area (Å²) in [5, 5.41) is -2.08. The first-order valence-electron chi connectivity index (χ1n) is 6.75. The van der Waals surface area contributed by atoms with Crippen molar-refractivity contribution in [1.29, 1.82) is 0 Å². The van der Waals surface area contributed by atoms with Crippen LogP contribution in [0.4, 0.5) is 57.1 Å². The van der Waals surface area contributed by atoms with E-state index in [4.69, 9.17) is 0 Å². The van der Waals surface area contributed by atoms with Crippen LogP contribution < -0.4 is 5.30 Å². The Bertz CT molecular complexity index is 689. The molecule has 0 amide bonds. The summed E-state index contributed by atoms with van der Waals surface area (Å²) < 4.78 is 170. The topological polar surface area (TPSA) is 0 Å². The SMILES string of the molecule is CCCP(c1cc(F)c(F)c(C(F)(F)C(F)(F)F)c1F)C(F)(F)C(F)(F)F. The molecule has 0 nitrogen and oxygen atoms in total. The van der Waals surface area contributed by atoms with Gasteiger partial charge in [-0.3, -0.25) is 0 Å². The molecule has 0 N–H and O–H groups in total. The molecule has 0 heterocycles. The molecule has 0 fully saturated rings. The Kier molecular flexibility index (Phi) is 6.42. The molecular formula is C13H8F13P. The summed E-state index contributed by atoms with van der Waals surface area (Å²) in [6.45, 7) is 1.03. The predicted molar refractivity (Wildman–Crippen MR) is 69.0 cm³/mol. The highest BCUT2D eigenvalue weighted by atomic mass is 31.1. The van der Waals surface area contributed by atoms with Gasteiger partial charge in [-0.25, -0.2) is 13.2 Å². The molecule has 0 aromatic heterocycles. The maximum atomic E-state index is 14.2. The number of alkyl halides is 10. The second kappa shape index (κ2) is 7.29. The van der Waals surface area contributed by atoms with Gasteiger partial charge in [0.2, 0.25) is 0 Å². The van der Waals surface area contributed by atoms with Crippen LogP contribution in [0.2, 0.25) is 0 Å². The molecule has 0 aliphatic carbocycles. The minimum absolute atomic E-state index is 0.513. The lowest BCUT2D eigenvalue weighted by atomic mass is 10.1. The van der Waals surface area contributed by atoms with Crippen molar-refractivity contribution in [3.8, 4) is 0 Å². The Labute approximate surface area is 144 Å². The second-order valence-electron chi connectivity index (χ2n) is 5.14. The summed E-state index contributed by atoms with van der Waals surface area (Å²) in [7, 11) is -4.18. The smallest absolute Gasteiger partial charge is 0.206 e. The average molecular weight is 442 g/mol. The van der Waals surface area contributed by atoms with Gasteiger partial charge in [0, 0.05) is 13.2 Å². The lowest BCUT2D eigenvalue weighted by Crippen LogP contribution is -2.41. The van der Waals surface area contributed by atoms with E-state index < -0.39 is 78.8 Å².